The molecule has 4 aromatic rings. The molecular formula is C28H22N2O5S. The van der Waals surface area contributed by atoms with Gasteiger partial charge >= 0.3 is 12.0 Å². The van der Waals surface area contributed by atoms with Gasteiger partial charge in [0.2, 0.25) is 9.84 Å². The van der Waals surface area contributed by atoms with E-state index in [9.17, 15) is 18.0 Å². The minimum Gasteiger partial charge on any atom is -0.478 e. The van der Waals surface area contributed by atoms with Gasteiger partial charge < -0.3 is 10.4 Å². The van der Waals surface area contributed by atoms with Gasteiger partial charge in [-0.25, -0.2) is 18.0 Å². The lowest BCUT2D eigenvalue weighted by Crippen LogP contribution is -2.51. The molecule has 0 aromatic heterocycles. The van der Waals surface area contributed by atoms with Crippen molar-refractivity contribution in [2.45, 2.75) is 9.77 Å². The lowest BCUT2D eigenvalue weighted by Gasteiger charge is -2.37. The molecule has 7 nitrogen and oxygen atoms in total. The van der Waals surface area contributed by atoms with E-state index in [4.69, 9.17) is 5.11 Å². The first-order valence-electron chi connectivity index (χ1n) is 11.2. The molecule has 0 aliphatic carbocycles. The molecule has 1 aliphatic rings. The first-order valence-corrected chi connectivity index (χ1v) is 12.7. The summed E-state index contributed by atoms with van der Waals surface area (Å²) in [5.41, 5.74) is 2.63. The van der Waals surface area contributed by atoms with Gasteiger partial charge in [0.15, 0.2) is 4.87 Å². The number of carboxylic acids is 1. The third-order valence-corrected chi connectivity index (χ3v) is 8.70. The second-order valence-electron chi connectivity index (χ2n) is 8.39. The highest BCUT2D eigenvalue weighted by Crippen LogP contribution is 2.44. The molecule has 1 unspecified atom stereocenters. The summed E-state index contributed by atoms with van der Waals surface area (Å²) in [7, 11) is -4.10. The Labute approximate surface area is 208 Å². The van der Waals surface area contributed by atoms with E-state index >= 15 is 0 Å². The molecule has 36 heavy (non-hydrogen) atoms. The van der Waals surface area contributed by atoms with E-state index in [1.165, 1.54) is 29.2 Å². The minimum atomic E-state index is -4.10. The number of urea groups is 1. The van der Waals surface area contributed by atoms with E-state index in [0.29, 0.717) is 11.3 Å². The smallest absolute Gasteiger partial charge is 0.335 e. The summed E-state index contributed by atoms with van der Waals surface area (Å²) in [4.78, 5) is 24.0. The summed E-state index contributed by atoms with van der Waals surface area (Å²) in [6.45, 7) is -0.134. The van der Waals surface area contributed by atoms with Crippen LogP contribution in [-0.2, 0) is 14.7 Å². The van der Waals surface area contributed by atoms with Crippen molar-refractivity contribution in [1.29, 1.82) is 0 Å². The van der Waals surface area contributed by atoms with Crippen LogP contribution in [0.3, 0.4) is 0 Å². The molecule has 1 fully saturated rings. The molecule has 0 saturated carbocycles. The molecule has 0 bridgehead atoms. The standard InChI is InChI=1S/C28H22N2O5S/c31-26(32)22-13-11-20(12-14-22)21-15-17-23(18-16-21)28(36(34,35)25-9-5-2-6-10-25)19-29-27(33)30(28)24-7-3-1-4-8-24/h1-18H,19H2,(H,29,33)(H,31,32). The average Bonchev–Trinajstić information content (AvgIpc) is 3.28. The minimum absolute atomic E-state index is 0.107. The quantitative estimate of drug-likeness (QED) is 0.393. The molecule has 1 aliphatic heterocycles. The van der Waals surface area contributed by atoms with Crippen molar-refractivity contribution in [3.8, 4) is 11.1 Å². The third kappa shape index (κ3) is 3.72. The molecular weight excluding hydrogens is 476 g/mol. The Hall–Kier alpha value is -4.43. The van der Waals surface area contributed by atoms with Gasteiger partial charge in [-0.2, -0.15) is 0 Å². The highest BCUT2D eigenvalue weighted by molar-refractivity contribution is 7.92. The Morgan fingerprint density at radius 1 is 0.778 bits per heavy atom. The number of aromatic carboxylic acids is 1. The van der Waals surface area contributed by atoms with Gasteiger partial charge in [0.25, 0.3) is 0 Å². The third-order valence-electron chi connectivity index (χ3n) is 6.36. The van der Waals surface area contributed by atoms with Crippen molar-refractivity contribution in [1.82, 2.24) is 5.32 Å². The fraction of sp³-hybridized carbons (Fsp3) is 0.0714. The van der Waals surface area contributed by atoms with E-state index < -0.39 is 26.7 Å². The zero-order valence-corrected chi connectivity index (χ0v) is 19.9. The van der Waals surface area contributed by atoms with Crippen molar-refractivity contribution < 1.29 is 23.1 Å². The second kappa shape index (κ2) is 8.98. The van der Waals surface area contributed by atoms with E-state index in [1.54, 1.807) is 84.9 Å². The van der Waals surface area contributed by atoms with Gasteiger partial charge in [-0.1, -0.05) is 72.8 Å². The number of hydrogen-bond acceptors (Lipinski definition) is 4. The predicted octanol–water partition coefficient (Wildman–Crippen LogP) is 4.91. The molecule has 1 heterocycles. The molecule has 1 saturated heterocycles. The molecule has 180 valence electrons. The van der Waals surface area contributed by atoms with Crippen LogP contribution in [0.4, 0.5) is 10.5 Å². The molecule has 5 rings (SSSR count). The van der Waals surface area contributed by atoms with Crippen LogP contribution in [0.1, 0.15) is 15.9 Å². The summed E-state index contributed by atoms with van der Waals surface area (Å²) < 4.78 is 28.5. The number of anilines is 1. The van der Waals surface area contributed by atoms with Gasteiger partial charge in [-0.3, -0.25) is 4.90 Å². The highest BCUT2D eigenvalue weighted by Gasteiger charge is 2.57. The van der Waals surface area contributed by atoms with Crippen molar-refractivity contribution in [3.63, 3.8) is 0 Å². The number of para-hydroxylation sites is 1. The first kappa shape index (κ1) is 23.3. The number of nitrogens with one attached hydrogen (secondary N) is 1. The van der Waals surface area contributed by atoms with Crippen LogP contribution in [0.5, 0.6) is 0 Å². The zero-order valence-electron chi connectivity index (χ0n) is 19.0. The Kier molecular flexibility index (Phi) is 5.81. The lowest BCUT2D eigenvalue weighted by molar-refractivity contribution is 0.0697. The second-order valence-corrected chi connectivity index (χ2v) is 10.5. The van der Waals surface area contributed by atoms with Crippen molar-refractivity contribution in [2.75, 3.05) is 11.4 Å². The molecule has 2 N–H and O–H groups in total. The summed E-state index contributed by atoms with van der Waals surface area (Å²) in [5, 5.41) is 11.9. The molecule has 0 spiro atoms. The van der Waals surface area contributed by atoms with Gasteiger partial charge in [-0.15, -0.1) is 0 Å². The number of sulfone groups is 1. The summed E-state index contributed by atoms with van der Waals surface area (Å²) in [6.07, 6.45) is 0. The number of amides is 2. The van der Waals surface area contributed by atoms with Crippen LogP contribution in [0, 0.1) is 0 Å². The van der Waals surface area contributed by atoms with Gasteiger partial charge in [-0.05, 0) is 53.1 Å². The van der Waals surface area contributed by atoms with E-state index in [-0.39, 0.29) is 17.0 Å². The predicted molar refractivity (Wildman–Crippen MR) is 136 cm³/mol. The van der Waals surface area contributed by atoms with E-state index in [0.717, 1.165) is 11.1 Å². The molecule has 8 heteroatoms. The molecule has 0 radical (unpaired) electrons. The van der Waals surface area contributed by atoms with E-state index in [2.05, 4.69) is 5.32 Å². The van der Waals surface area contributed by atoms with Crippen molar-refractivity contribution in [2.24, 2.45) is 0 Å². The summed E-state index contributed by atoms with van der Waals surface area (Å²) in [6, 6.07) is 29.7. The van der Waals surface area contributed by atoms with Crippen LogP contribution in [0.15, 0.2) is 114 Å². The number of carbonyl (C=O) groups is 2. The maximum atomic E-state index is 14.3. The number of hydrogen-bond donors (Lipinski definition) is 2. The van der Waals surface area contributed by atoms with Gasteiger partial charge in [0, 0.05) is 5.69 Å². The number of benzene rings is 4. The van der Waals surface area contributed by atoms with Crippen LogP contribution >= 0.6 is 0 Å². The Balaban J connectivity index is 1.67. The van der Waals surface area contributed by atoms with Gasteiger partial charge in [0.05, 0.1) is 17.0 Å². The van der Waals surface area contributed by atoms with Crippen LogP contribution < -0.4 is 10.2 Å². The monoisotopic (exact) mass is 498 g/mol. The average molecular weight is 499 g/mol. The maximum absolute atomic E-state index is 14.3. The van der Waals surface area contributed by atoms with Gasteiger partial charge in [0.1, 0.15) is 0 Å². The molecule has 2 amide bonds. The summed E-state index contributed by atoms with van der Waals surface area (Å²) >= 11 is 0. The van der Waals surface area contributed by atoms with Crippen LogP contribution in [0.2, 0.25) is 0 Å². The SMILES string of the molecule is O=C(O)c1ccc(-c2ccc(C3(S(=O)(=O)c4ccccc4)CNC(=O)N3c3ccccc3)cc2)cc1. The van der Waals surface area contributed by atoms with Crippen molar-refractivity contribution >= 4 is 27.5 Å². The number of nitrogens with zero attached hydrogens (tertiary/aromatic N) is 1. The molecule has 1 atom stereocenters. The summed E-state index contributed by atoms with van der Waals surface area (Å²) in [5.74, 6) is -1.01. The fourth-order valence-corrected chi connectivity index (χ4v) is 6.59. The fourth-order valence-electron chi connectivity index (χ4n) is 4.54. The maximum Gasteiger partial charge on any atom is 0.335 e. The highest BCUT2D eigenvalue weighted by atomic mass is 32.2. The van der Waals surface area contributed by atoms with Crippen LogP contribution in [-0.4, -0.2) is 32.1 Å². The number of carboxylic acid groups (broad SMARTS) is 1. The van der Waals surface area contributed by atoms with Crippen molar-refractivity contribution in [3.05, 3.63) is 120 Å². The Morgan fingerprint density at radius 3 is 1.86 bits per heavy atom. The number of carbonyl (C=O) groups excluding carboxylic acids is 1. The topological polar surface area (TPSA) is 104 Å². The van der Waals surface area contributed by atoms with E-state index in [1.807, 2.05) is 0 Å². The first-order chi connectivity index (χ1) is 17.3. The number of rotatable bonds is 6. The lowest BCUT2D eigenvalue weighted by atomic mass is 9.99. The normalized spacial score (nSPS) is 17.6. The Bertz CT molecular complexity index is 1520. The van der Waals surface area contributed by atoms with Crippen LogP contribution in [0.25, 0.3) is 11.1 Å². The molecule has 4 aromatic carbocycles. The zero-order chi connectivity index (χ0) is 25.3. The Morgan fingerprint density at radius 2 is 1.31 bits per heavy atom. The largest absolute Gasteiger partial charge is 0.478 e.